The highest BCUT2D eigenvalue weighted by Gasteiger charge is 2.30. The lowest BCUT2D eigenvalue weighted by Gasteiger charge is -2.31. The summed E-state index contributed by atoms with van der Waals surface area (Å²) in [5, 5.41) is 1.98. The summed E-state index contributed by atoms with van der Waals surface area (Å²) < 4.78 is 13.6. The van der Waals surface area contributed by atoms with Gasteiger partial charge in [0.15, 0.2) is 0 Å². The van der Waals surface area contributed by atoms with Crippen molar-refractivity contribution in [3.8, 4) is 39.5 Å². The molecule has 0 saturated heterocycles. The molecule has 4 heteroatoms. The third kappa shape index (κ3) is 7.51. The SMILES string of the molecule is C=CC=C(C=CC(C=CC)=CC)N(c1ccccc1)c1ccc2c(c1)Oc1ccc3c4c(ccc-2c14)OC(=CC(=C)N(c1ccccc1)c1cccc(-c2ccccc2)c1)C3=C. The molecule has 0 atom stereocenters. The van der Waals surface area contributed by atoms with Crippen LogP contribution >= 0.6 is 0 Å². The molecule has 0 radical (unpaired) electrons. The number of anilines is 4. The number of hydrogen-bond donors (Lipinski definition) is 0. The fraction of sp³-hybridized carbons (Fsp3) is 0.0345. The molecule has 4 nitrogen and oxygen atoms in total. The normalized spacial score (nSPS) is 13.8. The highest BCUT2D eigenvalue weighted by molar-refractivity contribution is 6.13. The minimum atomic E-state index is 0.637. The Hall–Kier alpha value is -8.08. The van der Waals surface area contributed by atoms with E-state index in [4.69, 9.17) is 9.47 Å². The Bertz CT molecular complexity index is 3020. The molecule has 0 N–H and O–H groups in total. The topological polar surface area (TPSA) is 24.9 Å². The molecule has 0 aromatic heterocycles. The largest absolute Gasteiger partial charge is 0.456 e. The first kappa shape index (κ1) is 39.4. The number of hydrogen-bond acceptors (Lipinski definition) is 4. The van der Waals surface area contributed by atoms with E-state index in [1.807, 2.05) is 68.5 Å². The maximum Gasteiger partial charge on any atom is 0.137 e. The molecule has 62 heavy (non-hydrogen) atoms. The van der Waals surface area contributed by atoms with E-state index in [-0.39, 0.29) is 0 Å². The third-order valence-electron chi connectivity index (χ3n) is 11.2. The van der Waals surface area contributed by atoms with Gasteiger partial charge in [-0.2, -0.15) is 0 Å². The number of fused-ring (bicyclic) bond motifs is 2. The van der Waals surface area contributed by atoms with Gasteiger partial charge in [-0.05, 0) is 127 Å². The highest BCUT2D eigenvalue weighted by Crippen LogP contribution is 2.54. The summed E-state index contributed by atoms with van der Waals surface area (Å²) in [5.41, 5.74) is 12.9. The predicted molar refractivity (Wildman–Crippen MR) is 261 cm³/mol. The van der Waals surface area contributed by atoms with Gasteiger partial charge in [-0.3, -0.25) is 0 Å². The molecule has 7 aromatic rings. The van der Waals surface area contributed by atoms with E-state index >= 15 is 0 Å². The Morgan fingerprint density at radius 1 is 0.532 bits per heavy atom. The molecule has 0 saturated carbocycles. The van der Waals surface area contributed by atoms with Gasteiger partial charge < -0.3 is 19.3 Å². The Kier molecular flexibility index (Phi) is 11.0. The molecule has 0 aliphatic carbocycles. The number of ether oxygens (including phenoxy) is 2. The van der Waals surface area contributed by atoms with Crippen molar-refractivity contribution in [3.63, 3.8) is 0 Å². The van der Waals surface area contributed by atoms with Crippen molar-refractivity contribution in [2.75, 3.05) is 9.80 Å². The number of nitrogens with zero attached hydrogens (tertiary/aromatic N) is 2. The van der Waals surface area contributed by atoms with Crippen LogP contribution < -0.4 is 19.3 Å². The Labute approximate surface area is 364 Å². The van der Waals surface area contributed by atoms with Crippen LogP contribution in [0.15, 0.2) is 249 Å². The minimum absolute atomic E-state index is 0.637. The van der Waals surface area contributed by atoms with Gasteiger partial charge in [0.1, 0.15) is 23.0 Å². The number of para-hydroxylation sites is 2. The van der Waals surface area contributed by atoms with E-state index < -0.39 is 0 Å². The van der Waals surface area contributed by atoms with Crippen molar-refractivity contribution in [1.29, 1.82) is 0 Å². The molecular weight excluding hydrogens is 757 g/mol. The predicted octanol–water partition coefficient (Wildman–Crippen LogP) is 16.2. The van der Waals surface area contributed by atoms with Crippen molar-refractivity contribution >= 4 is 39.1 Å². The lowest BCUT2D eigenvalue weighted by atomic mass is 9.88. The molecule has 0 fully saturated rings. The zero-order chi connectivity index (χ0) is 42.6. The molecular formula is C58H46N2O2. The van der Waals surface area contributed by atoms with Crippen LogP contribution in [0.5, 0.6) is 17.2 Å². The molecule has 2 heterocycles. The Morgan fingerprint density at radius 2 is 1.13 bits per heavy atom. The summed E-state index contributed by atoms with van der Waals surface area (Å²) in [6, 6.07) is 54.3. The van der Waals surface area contributed by atoms with Crippen LogP contribution in [0.4, 0.5) is 22.7 Å². The summed E-state index contributed by atoms with van der Waals surface area (Å²) in [7, 11) is 0. The first-order valence-corrected chi connectivity index (χ1v) is 20.8. The first-order chi connectivity index (χ1) is 30.4. The Morgan fingerprint density at radius 3 is 1.82 bits per heavy atom. The monoisotopic (exact) mass is 802 g/mol. The van der Waals surface area contributed by atoms with Gasteiger partial charge >= 0.3 is 0 Å². The number of rotatable bonds is 12. The van der Waals surface area contributed by atoms with Crippen LogP contribution in [0.3, 0.4) is 0 Å². The summed E-state index contributed by atoms with van der Waals surface area (Å²) in [5.74, 6) is 2.92. The maximum absolute atomic E-state index is 6.82. The third-order valence-corrected chi connectivity index (χ3v) is 11.2. The Balaban J connectivity index is 1.07. The van der Waals surface area contributed by atoms with E-state index in [9.17, 15) is 0 Å². The van der Waals surface area contributed by atoms with Gasteiger partial charge in [-0.25, -0.2) is 0 Å². The van der Waals surface area contributed by atoms with Crippen LogP contribution in [0.2, 0.25) is 0 Å². The van der Waals surface area contributed by atoms with Crippen LogP contribution in [0.25, 0.3) is 38.6 Å². The second-order valence-electron chi connectivity index (χ2n) is 15.0. The van der Waals surface area contributed by atoms with Crippen LogP contribution in [-0.2, 0) is 0 Å². The number of benzene rings is 7. The van der Waals surface area contributed by atoms with Crippen molar-refractivity contribution in [1.82, 2.24) is 0 Å². The summed E-state index contributed by atoms with van der Waals surface area (Å²) in [6.45, 7) is 17.3. The molecule has 300 valence electrons. The second-order valence-corrected chi connectivity index (χ2v) is 15.0. The van der Waals surface area contributed by atoms with Gasteiger partial charge in [0.2, 0.25) is 0 Å². The van der Waals surface area contributed by atoms with Gasteiger partial charge in [0.25, 0.3) is 0 Å². The van der Waals surface area contributed by atoms with Gasteiger partial charge in [0.05, 0.1) is 0 Å². The molecule has 7 aromatic carbocycles. The first-order valence-electron chi connectivity index (χ1n) is 20.8. The minimum Gasteiger partial charge on any atom is -0.456 e. The van der Waals surface area contributed by atoms with E-state index in [1.165, 1.54) is 0 Å². The van der Waals surface area contributed by atoms with Gasteiger partial charge in [-0.15, -0.1) is 0 Å². The van der Waals surface area contributed by atoms with Crippen molar-refractivity contribution in [2.24, 2.45) is 0 Å². The van der Waals surface area contributed by atoms with Crippen molar-refractivity contribution in [2.45, 2.75) is 13.8 Å². The molecule has 0 bridgehead atoms. The van der Waals surface area contributed by atoms with E-state index in [2.05, 4.69) is 181 Å². The number of allylic oxidation sites excluding steroid dienone is 10. The molecule has 0 unspecified atom stereocenters. The summed E-state index contributed by atoms with van der Waals surface area (Å²) >= 11 is 0. The van der Waals surface area contributed by atoms with E-state index in [0.717, 1.165) is 101 Å². The lowest BCUT2D eigenvalue weighted by Crippen LogP contribution is -2.16. The molecule has 0 spiro atoms. The molecule has 2 aliphatic heterocycles. The maximum atomic E-state index is 6.82. The zero-order valence-corrected chi connectivity index (χ0v) is 35.0. The molecule has 9 rings (SSSR count). The lowest BCUT2D eigenvalue weighted by molar-refractivity contribution is 0.449. The zero-order valence-electron chi connectivity index (χ0n) is 35.0. The average Bonchev–Trinajstić information content (AvgIpc) is 3.31. The summed E-state index contributed by atoms with van der Waals surface area (Å²) in [6.07, 6.45) is 16.3. The molecule has 2 aliphatic rings. The second kappa shape index (κ2) is 17.3. The quantitative estimate of drug-likeness (QED) is 0.115. The van der Waals surface area contributed by atoms with Crippen LogP contribution in [-0.4, -0.2) is 0 Å². The van der Waals surface area contributed by atoms with Gasteiger partial charge in [-0.1, -0.05) is 129 Å². The van der Waals surface area contributed by atoms with Crippen molar-refractivity contribution < 1.29 is 9.47 Å². The van der Waals surface area contributed by atoms with Crippen LogP contribution in [0, 0.1) is 0 Å². The standard InChI is InChI=1S/C58H46N2O2/c1-6-19-42(8-3)29-30-45(20-7-2)60(47-26-16-11-17-27-47)49-31-32-51-52-34-36-53-57-50(33-35-54(58(52)57)62-56(51)39-49)41(5)55(61-53)37-40(4)59(46-24-14-10-15-25-46)48-28-18-23-44(38-48)43-21-12-9-13-22-43/h6-39H,2,4-5H2,1,3H3. The molecule has 0 amide bonds. The van der Waals surface area contributed by atoms with E-state index in [0.29, 0.717) is 5.76 Å². The fourth-order valence-electron chi connectivity index (χ4n) is 8.28. The summed E-state index contributed by atoms with van der Waals surface area (Å²) in [4.78, 5) is 4.37. The highest BCUT2D eigenvalue weighted by atomic mass is 16.5. The fourth-order valence-corrected chi connectivity index (χ4v) is 8.28. The van der Waals surface area contributed by atoms with Crippen LogP contribution in [0.1, 0.15) is 19.4 Å². The van der Waals surface area contributed by atoms with Crippen molar-refractivity contribution in [3.05, 3.63) is 254 Å². The van der Waals surface area contributed by atoms with E-state index in [1.54, 1.807) is 0 Å². The smallest absolute Gasteiger partial charge is 0.137 e. The van der Waals surface area contributed by atoms with Gasteiger partial charge in [0, 0.05) is 68.2 Å². The average molecular weight is 803 g/mol.